The molecule has 0 saturated carbocycles. The highest BCUT2D eigenvalue weighted by Crippen LogP contribution is 2.43. The number of benzene rings is 1. The van der Waals surface area contributed by atoms with Crippen LogP contribution in [-0.4, -0.2) is 55.7 Å². The Bertz CT molecular complexity index is 948. The summed E-state index contributed by atoms with van der Waals surface area (Å²) in [4.78, 5) is 12.0. The summed E-state index contributed by atoms with van der Waals surface area (Å²) in [5, 5.41) is 31.2. The quantitative estimate of drug-likeness (QED) is 0.638. The van der Waals surface area contributed by atoms with E-state index >= 15 is 0 Å². The lowest BCUT2D eigenvalue weighted by molar-refractivity contribution is -0.250. The zero-order valence-corrected chi connectivity index (χ0v) is 16.1. The van der Waals surface area contributed by atoms with Gasteiger partial charge in [-0.3, -0.25) is 4.79 Å². The molecule has 1 unspecified atom stereocenters. The minimum Gasteiger partial charge on any atom is -0.394 e. The zero-order chi connectivity index (χ0) is 21.6. The first-order valence-electron chi connectivity index (χ1n) is 9.60. The summed E-state index contributed by atoms with van der Waals surface area (Å²) in [6.07, 6.45) is 0.603. The highest BCUT2D eigenvalue weighted by atomic mass is 19.2. The molecular weight excluding hydrogens is 405 g/mol. The van der Waals surface area contributed by atoms with Crippen LogP contribution in [0.2, 0.25) is 0 Å². The van der Waals surface area contributed by atoms with Crippen LogP contribution >= 0.6 is 0 Å². The first-order valence-corrected chi connectivity index (χ1v) is 9.60. The summed E-state index contributed by atoms with van der Waals surface area (Å²) in [5.74, 6) is -4.97. The molecule has 0 bridgehead atoms. The molecule has 11 heteroatoms. The van der Waals surface area contributed by atoms with Gasteiger partial charge in [0.2, 0.25) is 5.91 Å². The van der Waals surface area contributed by atoms with Crippen molar-refractivity contribution in [3.63, 3.8) is 0 Å². The topological polar surface area (TPSA) is 110 Å². The Morgan fingerprint density at radius 2 is 2.03 bits per heavy atom. The van der Waals surface area contributed by atoms with Crippen LogP contribution in [0.25, 0.3) is 11.3 Å². The molecule has 30 heavy (non-hydrogen) atoms. The maximum Gasteiger partial charge on any atom is 0.222 e. The van der Waals surface area contributed by atoms with Gasteiger partial charge in [0, 0.05) is 17.9 Å². The van der Waals surface area contributed by atoms with Gasteiger partial charge in [-0.15, -0.1) is 5.10 Å². The van der Waals surface area contributed by atoms with Crippen molar-refractivity contribution in [1.29, 1.82) is 0 Å². The van der Waals surface area contributed by atoms with Gasteiger partial charge >= 0.3 is 0 Å². The summed E-state index contributed by atoms with van der Waals surface area (Å²) in [6.45, 7) is 1.28. The van der Waals surface area contributed by atoms with Gasteiger partial charge in [-0.1, -0.05) is 12.1 Å². The van der Waals surface area contributed by atoms with Crippen molar-refractivity contribution in [3.05, 3.63) is 35.8 Å². The van der Waals surface area contributed by atoms with Crippen molar-refractivity contribution in [2.45, 2.75) is 50.2 Å². The number of carbonyl (C=O) groups is 1. The van der Waals surface area contributed by atoms with Crippen molar-refractivity contribution in [2.75, 3.05) is 6.61 Å². The average Bonchev–Trinajstić information content (AvgIpc) is 3.19. The lowest BCUT2D eigenvalue weighted by Gasteiger charge is -2.52. The molecule has 162 valence electrons. The highest BCUT2D eigenvalue weighted by Gasteiger charge is 2.54. The number of nitrogens with one attached hydrogen (secondary N) is 1. The molecule has 0 aliphatic carbocycles. The molecule has 1 spiro atoms. The number of aliphatic hydroxyl groups excluding tert-OH is 2. The fourth-order valence-electron chi connectivity index (χ4n) is 4.33. The Hall–Kier alpha value is -2.50. The van der Waals surface area contributed by atoms with E-state index in [2.05, 4.69) is 15.6 Å². The number of ether oxygens (including phenoxy) is 1. The third-order valence-corrected chi connectivity index (χ3v) is 5.92. The second-order valence-corrected chi connectivity index (χ2v) is 7.74. The highest BCUT2D eigenvalue weighted by molar-refractivity contribution is 5.77. The molecule has 2 aliphatic heterocycles. The number of hydrogen-bond acceptors (Lipinski definition) is 6. The van der Waals surface area contributed by atoms with E-state index in [1.54, 1.807) is 6.92 Å². The Balaban J connectivity index is 1.71. The number of halogens is 3. The van der Waals surface area contributed by atoms with Gasteiger partial charge < -0.3 is 20.3 Å². The number of rotatable bonds is 3. The lowest BCUT2D eigenvalue weighted by Crippen LogP contribution is -2.67. The Kier molecular flexibility index (Phi) is 5.28. The van der Waals surface area contributed by atoms with Crippen molar-refractivity contribution in [1.82, 2.24) is 20.3 Å². The molecule has 2 aliphatic rings. The van der Waals surface area contributed by atoms with Crippen LogP contribution in [0.15, 0.2) is 18.3 Å². The number of nitrogens with zero attached hydrogens (tertiary/aromatic N) is 3. The first-order chi connectivity index (χ1) is 14.3. The van der Waals surface area contributed by atoms with E-state index in [-0.39, 0.29) is 17.2 Å². The molecule has 1 aromatic heterocycles. The SMILES string of the molecule is C[C@@H]1[C@@H](n2cc(-c3cc(F)c(F)c(F)c3)nn2)[C@@H](O)[C@@H](CO)OC12CCCC(=O)N2. The maximum atomic E-state index is 13.6. The molecule has 3 N–H and O–H groups in total. The van der Waals surface area contributed by atoms with E-state index < -0.39 is 54.0 Å². The van der Waals surface area contributed by atoms with E-state index in [4.69, 9.17) is 4.74 Å². The number of amides is 1. The molecule has 3 heterocycles. The van der Waals surface area contributed by atoms with E-state index in [0.29, 0.717) is 19.3 Å². The summed E-state index contributed by atoms with van der Waals surface area (Å²) in [7, 11) is 0. The Labute approximate surface area is 169 Å². The largest absolute Gasteiger partial charge is 0.394 e. The first kappa shape index (κ1) is 20.8. The molecular formula is C19H21F3N4O4. The predicted octanol–water partition coefficient (Wildman–Crippen LogP) is 1.29. The van der Waals surface area contributed by atoms with Gasteiger partial charge in [0.25, 0.3) is 0 Å². The van der Waals surface area contributed by atoms with Crippen LogP contribution in [0.3, 0.4) is 0 Å². The normalized spacial score (nSPS) is 31.7. The van der Waals surface area contributed by atoms with E-state index in [1.807, 2.05) is 0 Å². The summed E-state index contributed by atoms with van der Waals surface area (Å²) in [5.41, 5.74) is -1.06. The summed E-state index contributed by atoms with van der Waals surface area (Å²) < 4.78 is 47.7. The lowest BCUT2D eigenvalue weighted by atomic mass is 9.78. The summed E-state index contributed by atoms with van der Waals surface area (Å²) >= 11 is 0. The number of aromatic nitrogens is 3. The molecule has 8 nitrogen and oxygen atoms in total. The minimum absolute atomic E-state index is 0.0220. The molecule has 2 fully saturated rings. The predicted molar refractivity (Wildman–Crippen MR) is 96.2 cm³/mol. The molecule has 2 aromatic rings. The van der Waals surface area contributed by atoms with Crippen LogP contribution in [0.4, 0.5) is 13.2 Å². The van der Waals surface area contributed by atoms with E-state index in [1.165, 1.54) is 10.9 Å². The Morgan fingerprint density at radius 3 is 2.67 bits per heavy atom. The van der Waals surface area contributed by atoms with Crippen LogP contribution in [0, 0.1) is 23.4 Å². The van der Waals surface area contributed by atoms with Gasteiger partial charge in [0.05, 0.1) is 18.8 Å². The van der Waals surface area contributed by atoms with Gasteiger partial charge in [-0.05, 0) is 25.0 Å². The van der Waals surface area contributed by atoms with Crippen LogP contribution < -0.4 is 5.32 Å². The van der Waals surface area contributed by atoms with Crippen LogP contribution in [0.5, 0.6) is 0 Å². The molecule has 0 radical (unpaired) electrons. The van der Waals surface area contributed by atoms with Gasteiger partial charge in [-0.25, -0.2) is 17.9 Å². The van der Waals surface area contributed by atoms with Crippen molar-refractivity contribution in [2.24, 2.45) is 5.92 Å². The number of piperidine rings is 1. The molecule has 1 aromatic carbocycles. The van der Waals surface area contributed by atoms with Gasteiger partial charge in [-0.2, -0.15) is 0 Å². The van der Waals surface area contributed by atoms with Gasteiger partial charge in [0.15, 0.2) is 17.5 Å². The number of hydrogen-bond donors (Lipinski definition) is 3. The van der Waals surface area contributed by atoms with Crippen molar-refractivity contribution < 1.29 is 32.9 Å². The van der Waals surface area contributed by atoms with Crippen LogP contribution in [0.1, 0.15) is 32.2 Å². The van der Waals surface area contributed by atoms with E-state index in [0.717, 1.165) is 12.1 Å². The third-order valence-electron chi connectivity index (χ3n) is 5.92. The smallest absolute Gasteiger partial charge is 0.222 e. The molecule has 5 atom stereocenters. The minimum atomic E-state index is -1.58. The van der Waals surface area contributed by atoms with Gasteiger partial charge in [0.1, 0.15) is 23.6 Å². The third kappa shape index (κ3) is 3.36. The maximum absolute atomic E-state index is 13.6. The number of aliphatic hydroxyl groups is 2. The average molecular weight is 426 g/mol. The zero-order valence-electron chi connectivity index (χ0n) is 16.1. The van der Waals surface area contributed by atoms with Crippen molar-refractivity contribution in [3.8, 4) is 11.3 Å². The monoisotopic (exact) mass is 426 g/mol. The fraction of sp³-hybridized carbons (Fsp3) is 0.526. The van der Waals surface area contributed by atoms with Crippen molar-refractivity contribution >= 4 is 5.91 Å². The van der Waals surface area contributed by atoms with E-state index in [9.17, 15) is 28.2 Å². The van der Waals surface area contributed by atoms with Crippen LogP contribution in [-0.2, 0) is 9.53 Å². The fourth-order valence-corrected chi connectivity index (χ4v) is 4.33. The Morgan fingerprint density at radius 1 is 1.33 bits per heavy atom. The molecule has 4 rings (SSSR count). The number of carbonyl (C=O) groups excluding carboxylic acids is 1. The second-order valence-electron chi connectivity index (χ2n) is 7.74. The standard InChI is InChI=1S/C19H21F3N4O4/c1-9-17(18(29)14(8-27)30-19(9)4-2-3-15(28)23-19)26-7-13(24-25-26)10-5-11(20)16(22)12(21)6-10/h5-7,9,14,17-18,27,29H,2-4,8H2,1H3,(H,23,28)/t9-,14-,17-,18+,19?/m1/s1. The second kappa shape index (κ2) is 7.64. The molecule has 1 amide bonds. The summed E-state index contributed by atoms with van der Waals surface area (Å²) in [6, 6.07) is 0.845. The molecule has 2 saturated heterocycles.